The van der Waals surface area contributed by atoms with Crippen LogP contribution in [0.3, 0.4) is 0 Å². The number of aromatic nitrogens is 3. The minimum Gasteiger partial charge on any atom is -0.427 e. The Hall–Kier alpha value is -3.16. The zero-order chi connectivity index (χ0) is 23.5. The van der Waals surface area contributed by atoms with Gasteiger partial charge in [-0.05, 0) is 50.7 Å². The number of imidazole rings is 1. The van der Waals surface area contributed by atoms with Crippen LogP contribution in [0.15, 0.2) is 59.3 Å². The zero-order valence-corrected chi connectivity index (χ0v) is 20.0. The molecule has 176 valence electrons. The standard InChI is InChI=1S/C26H28ClN5O2/c1-31-15-5-4-6-20(31)16-28-24(33)14-13-23-25(18-9-11-19(27)12-10-18)30-26(34-23)32-17-29-21-7-2-3-8-22(21)32/h2-3,7-12,17,20H,4-6,13-16H2,1H3,(H,28,33). The molecule has 1 atom stereocenters. The van der Waals surface area contributed by atoms with Gasteiger partial charge in [-0.2, -0.15) is 4.98 Å². The third-order valence-electron chi connectivity index (χ3n) is 6.50. The van der Waals surface area contributed by atoms with E-state index in [4.69, 9.17) is 21.0 Å². The van der Waals surface area contributed by atoms with Gasteiger partial charge in [-0.15, -0.1) is 0 Å². The zero-order valence-electron chi connectivity index (χ0n) is 19.2. The number of benzene rings is 2. The van der Waals surface area contributed by atoms with E-state index in [1.165, 1.54) is 12.8 Å². The highest BCUT2D eigenvalue weighted by molar-refractivity contribution is 6.30. The van der Waals surface area contributed by atoms with E-state index >= 15 is 0 Å². The van der Waals surface area contributed by atoms with Gasteiger partial charge in [0.1, 0.15) is 17.8 Å². The Morgan fingerprint density at radius 3 is 2.82 bits per heavy atom. The molecule has 3 heterocycles. The molecule has 0 radical (unpaired) electrons. The van der Waals surface area contributed by atoms with Crippen molar-refractivity contribution in [2.45, 2.75) is 38.1 Å². The summed E-state index contributed by atoms with van der Waals surface area (Å²) >= 11 is 6.09. The number of rotatable bonds is 7. The molecule has 2 aromatic carbocycles. The number of para-hydroxylation sites is 2. The second-order valence-electron chi connectivity index (χ2n) is 8.81. The van der Waals surface area contributed by atoms with E-state index in [-0.39, 0.29) is 5.91 Å². The number of oxazole rings is 1. The molecule has 34 heavy (non-hydrogen) atoms. The van der Waals surface area contributed by atoms with Crippen LogP contribution >= 0.6 is 11.6 Å². The molecule has 1 saturated heterocycles. The van der Waals surface area contributed by atoms with E-state index < -0.39 is 0 Å². The number of nitrogens with zero attached hydrogens (tertiary/aromatic N) is 4. The van der Waals surface area contributed by atoms with Gasteiger partial charge >= 0.3 is 6.01 Å². The maximum absolute atomic E-state index is 12.6. The SMILES string of the molecule is CN1CCCCC1CNC(=O)CCc1oc(-n2cnc3ccccc32)nc1-c1ccc(Cl)cc1. The molecular formula is C26H28ClN5O2. The average Bonchev–Trinajstić information content (AvgIpc) is 3.47. The van der Waals surface area contributed by atoms with Crippen LogP contribution in [0.4, 0.5) is 0 Å². The number of hydrogen-bond acceptors (Lipinski definition) is 5. The van der Waals surface area contributed by atoms with Crippen LogP contribution in [0.2, 0.25) is 5.02 Å². The van der Waals surface area contributed by atoms with Crippen LogP contribution in [0, 0.1) is 0 Å². The monoisotopic (exact) mass is 477 g/mol. The summed E-state index contributed by atoms with van der Waals surface area (Å²) in [6.07, 6.45) is 6.06. The number of halogens is 1. The summed E-state index contributed by atoms with van der Waals surface area (Å²) < 4.78 is 8.04. The van der Waals surface area contributed by atoms with Crippen LogP contribution in [-0.4, -0.2) is 51.5 Å². The molecule has 5 rings (SSSR count). The first kappa shape index (κ1) is 22.6. The van der Waals surface area contributed by atoms with E-state index in [1.807, 2.05) is 53.1 Å². The van der Waals surface area contributed by atoms with Crippen LogP contribution < -0.4 is 5.32 Å². The largest absolute Gasteiger partial charge is 0.427 e. The van der Waals surface area contributed by atoms with Gasteiger partial charge in [-0.25, -0.2) is 4.98 Å². The van der Waals surface area contributed by atoms with Crippen molar-refractivity contribution in [2.75, 3.05) is 20.1 Å². The lowest BCUT2D eigenvalue weighted by Crippen LogP contribution is -2.44. The predicted molar refractivity (Wildman–Crippen MR) is 133 cm³/mol. The molecule has 0 spiro atoms. The predicted octanol–water partition coefficient (Wildman–Crippen LogP) is 4.87. The van der Waals surface area contributed by atoms with Crippen molar-refractivity contribution >= 4 is 28.5 Å². The lowest BCUT2D eigenvalue weighted by Gasteiger charge is -2.32. The summed E-state index contributed by atoms with van der Waals surface area (Å²) in [5.74, 6) is 0.687. The first-order valence-electron chi connectivity index (χ1n) is 11.7. The Morgan fingerprint density at radius 1 is 1.18 bits per heavy atom. The quantitative estimate of drug-likeness (QED) is 0.411. The summed E-state index contributed by atoms with van der Waals surface area (Å²) in [4.78, 5) is 24.2. The number of hydrogen-bond donors (Lipinski definition) is 1. The summed E-state index contributed by atoms with van der Waals surface area (Å²) in [6, 6.07) is 16.2. The van der Waals surface area contributed by atoms with Gasteiger partial charge < -0.3 is 14.6 Å². The van der Waals surface area contributed by atoms with E-state index in [9.17, 15) is 4.79 Å². The van der Waals surface area contributed by atoms with E-state index in [2.05, 4.69) is 22.2 Å². The molecule has 1 unspecified atom stereocenters. The number of carbonyl (C=O) groups is 1. The van der Waals surface area contributed by atoms with E-state index in [0.717, 1.165) is 29.6 Å². The van der Waals surface area contributed by atoms with Gasteiger partial charge in [0, 0.05) is 36.0 Å². The van der Waals surface area contributed by atoms with Gasteiger partial charge in [-0.3, -0.25) is 9.36 Å². The Kier molecular flexibility index (Phi) is 6.65. The molecule has 1 aliphatic rings. The highest BCUT2D eigenvalue weighted by atomic mass is 35.5. The Morgan fingerprint density at radius 2 is 2.00 bits per heavy atom. The third kappa shape index (κ3) is 4.86. The maximum Gasteiger partial charge on any atom is 0.308 e. The van der Waals surface area contributed by atoms with Gasteiger partial charge in [0.25, 0.3) is 0 Å². The minimum absolute atomic E-state index is 0.0204. The fourth-order valence-corrected chi connectivity index (χ4v) is 4.63. The molecule has 4 aromatic rings. The van der Waals surface area contributed by atoms with Gasteiger partial charge in [-0.1, -0.05) is 42.3 Å². The van der Waals surface area contributed by atoms with Crippen LogP contribution in [0.1, 0.15) is 31.4 Å². The smallest absolute Gasteiger partial charge is 0.308 e. The first-order chi connectivity index (χ1) is 16.6. The molecule has 0 bridgehead atoms. The van der Waals surface area contributed by atoms with Crippen molar-refractivity contribution < 1.29 is 9.21 Å². The summed E-state index contributed by atoms with van der Waals surface area (Å²) in [5.41, 5.74) is 3.38. The lowest BCUT2D eigenvalue weighted by molar-refractivity contribution is -0.121. The first-order valence-corrected chi connectivity index (χ1v) is 12.1. The topological polar surface area (TPSA) is 76.2 Å². The van der Waals surface area contributed by atoms with Crippen molar-refractivity contribution in [1.82, 2.24) is 24.8 Å². The number of likely N-dealkylation sites (N-methyl/N-ethyl adjacent to an activating group) is 1. The summed E-state index contributed by atoms with van der Waals surface area (Å²) in [5, 5.41) is 3.76. The number of carbonyl (C=O) groups excluding carboxylic acids is 1. The summed E-state index contributed by atoms with van der Waals surface area (Å²) in [7, 11) is 2.13. The molecule has 1 aliphatic heterocycles. The Bertz CT molecular complexity index is 1280. The highest BCUT2D eigenvalue weighted by Crippen LogP contribution is 2.29. The van der Waals surface area contributed by atoms with Crippen LogP contribution in [0.25, 0.3) is 28.3 Å². The van der Waals surface area contributed by atoms with Crippen molar-refractivity contribution in [1.29, 1.82) is 0 Å². The normalized spacial score (nSPS) is 16.7. The molecule has 0 saturated carbocycles. The minimum atomic E-state index is 0.0204. The Balaban J connectivity index is 1.36. The number of aryl methyl sites for hydroxylation is 1. The van der Waals surface area contributed by atoms with Crippen molar-refractivity contribution in [3.8, 4) is 17.3 Å². The second-order valence-corrected chi connectivity index (χ2v) is 9.25. The molecule has 1 fully saturated rings. The molecule has 0 aliphatic carbocycles. The number of piperidine rings is 1. The highest BCUT2D eigenvalue weighted by Gasteiger charge is 2.21. The van der Waals surface area contributed by atoms with Gasteiger partial charge in [0.05, 0.1) is 11.0 Å². The van der Waals surface area contributed by atoms with Crippen molar-refractivity contribution in [3.63, 3.8) is 0 Å². The molecule has 1 N–H and O–H groups in total. The van der Waals surface area contributed by atoms with Crippen LogP contribution in [-0.2, 0) is 11.2 Å². The molecule has 8 heteroatoms. The lowest BCUT2D eigenvalue weighted by atomic mass is 10.0. The Labute approximate surface area is 203 Å². The molecule has 1 amide bonds. The second kappa shape index (κ2) is 9.99. The molecular weight excluding hydrogens is 450 g/mol. The maximum atomic E-state index is 12.6. The third-order valence-corrected chi connectivity index (χ3v) is 6.75. The average molecular weight is 478 g/mol. The molecule has 7 nitrogen and oxygen atoms in total. The molecule has 2 aromatic heterocycles. The van der Waals surface area contributed by atoms with E-state index in [1.54, 1.807) is 6.33 Å². The fourth-order valence-electron chi connectivity index (χ4n) is 4.51. The van der Waals surface area contributed by atoms with Crippen molar-refractivity contribution in [2.24, 2.45) is 0 Å². The van der Waals surface area contributed by atoms with E-state index in [0.29, 0.717) is 47.9 Å². The van der Waals surface area contributed by atoms with Crippen molar-refractivity contribution in [3.05, 3.63) is 65.6 Å². The van der Waals surface area contributed by atoms with Crippen LogP contribution in [0.5, 0.6) is 0 Å². The number of likely N-dealkylation sites (tertiary alicyclic amines) is 1. The fraction of sp³-hybridized carbons (Fsp3) is 0.346. The number of fused-ring (bicyclic) bond motifs is 1. The van der Waals surface area contributed by atoms with Gasteiger partial charge in [0.15, 0.2) is 0 Å². The van der Waals surface area contributed by atoms with Gasteiger partial charge in [0.2, 0.25) is 5.91 Å². The number of amides is 1. The summed E-state index contributed by atoms with van der Waals surface area (Å²) in [6.45, 7) is 1.77. The number of nitrogens with one attached hydrogen (secondary N) is 1.